The Kier molecular flexibility index (Phi) is 62.8. The fraction of sp³-hybridized carbons (Fsp3) is 0.685. The number of esters is 3. The Morgan fingerprint density at radius 2 is 0.494 bits per heavy atom. The highest BCUT2D eigenvalue weighted by Gasteiger charge is 2.19. The summed E-state index contributed by atoms with van der Waals surface area (Å²) >= 11 is 0. The van der Waals surface area contributed by atoms with Gasteiger partial charge in [0.2, 0.25) is 0 Å². The zero-order valence-electron chi connectivity index (χ0n) is 51.6. The van der Waals surface area contributed by atoms with E-state index in [9.17, 15) is 14.4 Å². The van der Waals surface area contributed by atoms with E-state index in [1.165, 1.54) is 116 Å². The quantitative estimate of drug-likeness (QED) is 0.0261. The molecule has 0 aromatic carbocycles. The second-order valence-electron chi connectivity index (χ2n) is 21.6. The predicted molar refractivity (Wildman–Crippen MR) is 343 cm³/mol. The van der Waals surface area contributed by atoms with Gasteiger partial charge in [0.05, 0.1) is 0 Å². The maximum atomic E-state index is 12.9. The molecule has 0 saturated carbocycles. The second kappa shape index (κ2) is 66.3. The minimum Gasteiger partial charge on any atom is -0.462 e. The molecule has 0 aliphatic heterocycles. The zero-order chi connectivity index (χ0) is 57.1. The van der Waals surface area contributed by atoms with E-state index in [0.717, 1.165) is 148 Å². The lowest BCUT2D eigenvalue weighted by Crippen LogP contribution is -2.30. The van der Waals surface area contributed by atoms with Crippen LogP contribution in [0.15, 0.2) is 122 Å². The van der Waals surface area contributed by atoms with Crippen molar-refractivity contribution in [2.45, 2.75) is 309 Å². The van der Waals surface area contributed by atoms with Gasteiger partial charge >= 0.3 is 17.9 Å². The molecule has 0 N–H and O–H groups in total. The third-order valence-electron chi connectivity index (χ3n) is 14.0. The maximum absolute atomic E-state index is 12.9. The van der Waals surface area contributed by atoms with Gasteiger partial charge in [-0.3, -0.25) is 14.4 Å². The van der Waals surface area contributed by atoms with Crippen LogP contribution in [0.2, 0.25) is 0 Å². The van der Waals surface area contributed by atoms with E-state index in [4.69, 9.17) is 14.2 Å². The number of carbonyl (C=O) groups excluding carboxylic acids is 3. The summed E-state index contributed by atoms with van der Waals surface area (Å²) in [4.78, 5) is 38.3. The van der Waals surface area contributed by atoms with Crippen molar-refractivity contribution < 1.29 is 28.6 Å². The Bertz CT molecular complexity index is 1640. The van der Waals surface area contributed by atoms with Crippen molar-refractivity contribution in [1.82, 2.24) is 0 Å². The van der Waals surface area contributed by atoms with Crippen molar-refractivity contribution in [3.05, 3.63) is 122 Å². The molecule has 0 aliphatic rings. The summed E-state index contributed by atoms with van der Waals surface area (Å²) < 4.78 is 16.9. The van der Waals surface area contributed by atoms with E-state index in [0.29, 0.717) is 19.3 Å². The average Bonchev–Trinajstić information content (AvgIpc) is 3.45. The van der Waals surface area contributed by atoms with Crippen LogP contribution in [0.4, 0.5) is 0 Å². The average molecular weight is 1100 g/mol. The van der Waals surface area contributed by atoms with E-state index >= 15 is 0 Å². The first-order valence-electron chi connectivity index (χ1n) is 33.0. The summed E-state index contributed by atoms with van der Waals surface area (Å²) in [5, 5.41) is 0. The van der Waals surface area contributed by atoms with E-state index in [1.54, 1.807) is 0 Å². The van der Waals surface area contributed by atoms with Crippen molar-refractivity contribution >= 4 is 17.9 Å². The van der Waals surface area contributed by atoms with Gasteiger partial charge in [-0.25, -0.2) is 0 Å². The molecule has 0 radical (unpaired) electrons. The van der Waals surface area contributed by atoms with Gasteiger partial charge < -0.3 is 14.2 Å². The molecule has 0 aromatic heterocycles. The van der Waals surface area contributed by atoms with E-state index in [1.807, 2.05) is 0 Å². The second-order valence-corrected chi connectivity index (χ2v) is 21.6. The van der Waals surface area contributed by atoms with Crippen molar-refractivity contribution in [1.29, 1.82) is 0 Å². The summed E-state index contributed by atoms with van der Waals surface area (Å²) in [7, 11) is 0. The van der Waals surface area contributed by atoms with E-state index < -0.39 is 6.10 Å². The topological polar surface area (TPSA) is 78.9 Å². The highest BCUT2D eigenvalue weighted by Crippen LogP contribution is 2.16. The minimum atomic E-state index is -0.799. The number of unbranched alkanes of at least 4 members (excludes halogenated alkanes) is 28. The summed E-state index contributed by atoms with van der Waals surface area (Å²) in [6.07, 6.45) is 92.0. The summed E-state index contributed by atoms with van der Waals surface area (Å²) in [6, 6.07) is 0. The van der Waals surface area contributed by atoms with Crippen LogP contribution in [-0.4, -0.2) is 37.2 Å². The van der Waals surface area contributed by atoms with Gasteiger partial charge in [-0.1, -0.05) is 290 Å². The van der Waals surface area contributed by atoms with Crippen LogP contribution in [0.25, 0.3) is 0 Å². The highest BCUT2D eigenvalue weighted by molar-refractivity contribution is 5.71. The Morgan fingerprint density at radius 3 is 0.785 bits per heavy atom. The smallest absolute Gasteiger partial charge is 0.306 e. The SMILES string of the molecule is CC/C=C\C/C=C\C/C=C\C/C=C\C/C=C\C/C=C\C/C=C\C/C=C\CCCCCCC(=O)OCC(COC(=O)CCCCCCCCCCCCCCCCCC)OC(=O)CCCCCCC/C=C\C/C=C\CCCCCC. The van der Waals surface area contributed by atoms with Gasteiger partial charge in [0.25, 0.3) is 0 Å². The number of allylic oxidation sites excluding steroid dienone is 20. The van der Waals surface area contributed by atoms with Crippen LogP contribution in [0.5, 0.6) is 0 Å². The fourth-order valence-corrected chi connectivity index (χ4v) is 9.02. The van der Waals surface area contributed by atoms with Crippen molar-refractivity contribution in [3.63, 3.8) is 0 Å². The summed E-state index contributed by atoms with van der Waals surface area (Å²) in [5.74, 6) is -0.924. The molecule has 0 spiro atoms. The van der Waals surface area contributed by atoms with Gasteiger partial charge in [-0.2, -0.15) is 0 Å². The Balaban J connectivity index is 4.41. The van der Waals surface area contributed by atoms with Crippen LogP contribution < -0.4 is 0 Å². The molecular formula is C73H122O6. The molecule has 0 heterocycles. The molecule has 0 aliphatic carbocycles. The number of rotatable bonds is 59. The Labute approximate surface area is 488 Å². The number of ether oxygens (including phenoxy) is 3. The standard InChI is InChI=1S/C73H122O6/c1-4-7-10-13-16-19-22-25-28-31-32-33-34-35-36-37-38-39-40-41-42-43-46-48-51-54-57-60-63-66-72(75)78-69-70(79-73(76)67-64-61-58-55-52-49-45-30-27-24-21-18-15-12-9-6-3)68-77-71(74)65-62-59-56-53-50-47-44-29-26-23-20-17-14-11-8-5-2/h7,10,16,19,21,24-25,28,30,32-33,35-36,38-39,41-42,45-46,48,70H,4-6,8-9,11-15,17-18,20,22-23,26-27,29,31,34,37,40,43-44,47,49-69H2,1-3H3/b10-7-,19-16-,24-21-,28-25-,33-32-,36-35-,39-38-,42-41-,45-30-,48-46-. The molecule has 0 fully saturated rings. The van der Waals surface area contributed by atoms with Crippen LogP contribution in [0, 0.1) is 0 Å². The molecule has 450 valence electrons. The molecule has 0 rings (SSSR count). The van der Waals surface area contributed by atoms with Crippen molar-refractivity contribution in [2.24, 2.45) is 0 Å². The largest absolute Gasteiger partial charge is 0.462 e. The molecule has 6 heteroatoms. The predicted octanol–water partition coefficient (Wildman–Crippen LogP) is 22.8. The zero-order valence-corrected chi connectivity index (χ0v) is 51.6. The van der Waals surface area contributed by atoms with Crippen LogP contribution >= 0.6 is 0 Å². The Morgan fingerprint density at radius 1 is 0.266 bits per heavy atom. The lowest BCUT2D eigenvalue weighted by molar-refractivity contribution is -0.167. The number of hydrogen-bond donors (Lipinski definition) is 0. The molecule has 6 nitrogen and oxygen atoms in total. The third-order valence-corrected chi connectivity index (χ3v) is 14.0. The monoisotopic (exact) mass is 1090 g/mol. The first kappa shape index (κ1) is 74.8. The lowest BCUT2D eigenvalue weighted by Gasteiger charge is -2.18. The first-order chi connectivity index (χ1) is 39.0. The normalized spacial score (nSPS) is 12.9. The molecule has 1 atom stereocenters. The molecule has 1 unspecified atom stereocenters. The van der Waals surface area contributed by atoms with Gasteiger partial charge in [0.1, 0.15) is 13.2 Å². The van der Waals surface area contributed by atoms with Gasteiger partial charge in [-0.05, 0) is 116 Å². The van der Waals surface area contributed by atoms with Crippen LogP contribution in [-0.2, 0) is 28.6 Å². The molecule has 79 heavy (non-hydrogen) atoms. The van der Waals surface area contributed by atoms with Gasteiger partial charge in [0, 0.05) is 19.3 Å². The number of carbonyl (C=O) groups is 3. The molecule has 0 aromatic rings. The van der Waals surface area contributed by atoms with Gasteiger partial charge in [0.15, 0.2) is 6.10 Å². The van der Waals surface area contributed by atoms with Crippen molar-refractivity contribution in [3.8, 4) is 0 Å². The van der Waals surface area contributed by atoms with E-state index in [2.05, 4.69) is 142 Å². The lowest BCUT2D eigenvalue weighted by atomic mass is 10.0. The fourth-order valence-electron chi connectivity index (χ4n) is 9.02. The Hall–Kier alpha value is -4.19. The highest BCUT2D eigenvalue weighted by atomic mass is 16.6. The third kappa shape index (κ3) is 64.5. The molecule has 0 bridgehead atoms. The molecule has 0 saturated heterocycles. The molecular weight excluding hydrogens is 973 g/mol. The summed E-state index contributed by atoms with van der Waals surface area (Å²) in [5.41, 5.74) is 0. The van der Waals surface area contributed by atoms with Gasteiger partial charge in [-0.15, -0.1) is 0 Å². The van der Waals surface area contributed by atoms with E-state index in [-0.39, 0.29) is 31.1 Å². The molecule has 0 amide bonds. The summed E-state index contributed by atoms with van der Waals surface area (Å²) in [6.45, 7) is 6.50. The number of hydrogen-bond acceptors (Lipinski definition) is 6. The maximum Gasteiger partial charge on any atom is 0.306 e. The minimum absolute atomic E-state index is 0.0915. The van der Waals surface area contributed by atoms with Crippen LogP contribution in [0.3, 0.4) is 0 Å². The van der Waals surface area contributed by atoms with Crippen molar-refractivity contribution in [2.75, 3.05) is 13.2 Å². The van der Waals surface area contributed by atoms with Crippen LogP contribution in [0.1, 0.15) is 303 Å². The first-order valence-corrected chi connectivity index (χ1v) is 33.0.